The SMILES string of the molecule is CCC(C)c1ccc2c(c1)C(=O)N(C(C)C)C2=O. The van der Waals surface area contributed by atoms with Gasteiger partial charge in [-0.2, -0.15) is 0 Å². The Balaban J connectivity index is 2.46. The molecule has 1 aromatic carbocycles. The summed E-state index contributed by atoms with van der Waals surface area (Å²) in [5.74, 6) is 0.0853. The Morgan fingerprint density at radius 2 is 1.67 bits per heavy atom. The van der Waals surface area contributed by atoms with Crippen molar-refractivity contribution < 1.29 is 9.59 Å². The summed E-state index contributed by atoms with van der Waals surface area (Å²) < 4.78 is 0. The molecule has 1 aliphatic rings. The highest BCUT2D eigenvalue weighted by molar-refractivity contribution is 6.21. The lowest BCUT2D eigenvalue weighted by Crippen LogP contribution is -2.35. The third-order valence-corrected chi connectivity index (χ3v) is 3.64. The molecule has 1 aliphatic heterocycles. The van der Waals surface area contributed by atoms with E-state index < -0.39 is 0 Å². The molecule has 2 amide bonds. The zero-order valence-corrected chi connectivity index (χ0v) is 11.4. The summed E-state index contributed by atoms with van der Waals surface area (Å²) in [6.45, 7) is 7.96. The van der Waals surface area contributed by atoms with Gasteiger partial charge in [0.2, 0.25) is 0 Å². The van der Waals surface area contributed by atoms with Crippen LogP contribution in [0.3, 0.4) is 0 Å². The third-order valence-electron chi connectivity index (χ3n) is 3.64. The van der Waals surface area contributed by atoms with Gasteiger partial charge in [0.25, 0.3) is 11.8 Å². The lowest BCUT2D eigenvalue weighted by Gasteiger charge is -2.17. The second-order valence-corrected chi connectivity index (χ2v) is 5.19. The first kappa shape index (κ1) is 12.8. The second kappa shape index (κ2) is 4.56. The predicted octanol–water partition coefficient (Wildman–Crippen LogP) is 3.20. The molecule has 1 atom stereocenters. The number of nitrogens with zero attached hydrogens (tertiary/aromatic N) is 1. The first-order chi connectivity index (χ1) is 8.47. The molecule has 96 valence electrons. The molecule has 2 rings (SSSR count). The van der Waals surface area contributed by atoms with Crippen LogP contribution >= 0.6 is 0 Å². The van der Waals surface area contributed by atoms with Crippen LogP contribution in [0.15, 0.2) is 18.2 Å². The number of fused-ring (bicyclic) bond motifs is 1. The minimum Gasteiger partial charge on any atom is -0.272 e. The molecule has 3 nitrogen and oxygen atoms in total. The standard InChI is InChI=1S/C15H19NO2/c1-5-10(4)11-6-7-12-13(8-11)15(18)16(9(2)3)14(12)17/h6-10H,5H2,1-4H3. The maximum absolute atomic E-state index is 12.2. The zero-order valence-electron chi connectivity index (χ0n) is 11.4. The topological polar surface area (TPSA) is 37.4 Å². The smallest absolute Gasteiger partial charge is 0.261 e. The van der Waals surface area contributed by atoms with Crippen LogP contribution in [0.25, 0.3) is 0 Å². The van der Waals surface area contributed by atoms with E-state index in [9.17, 15) is 9.59 Å². The monoisotopic (exact) mass is 245 g/mol. The van der Waals surface area contributed by atoms with Crippen LogP contribution in [0.4, 0.5) is 0 Å². The van der Waals surface area contributed by atoms with Gasteiger partial charge in [-0.15, -0.1) is 0 Å². The number of hydrogen-bond acceptors (Lipinski definition) is 2. The molecule has 0 saturated carbocycles. The molecule has 1 heterocycles. The van der Waals surface area contributed by atoms with E-state index in [2.05, 4.69) is 13.8 Å². The van der Waals surface area contributed by atoms with Crippen molar-refractivity contribution in [3.05, 3.63) is 34.9 Å². The molecule has 0 spiro atoms. The molecule has 3 heteroatoms. The maximum atomic E-state index is 12.2. The van der Waals surface area contributed by atoms with Crippen molar-refractivity contribution in [3.8, 4) is 0 Å². The van der Waals surface area contributed by atoms with Crippen molar-refractivity contribution in [2.75, 3.05) is 0 Å². The summed E-state index contributed by atoms with van der Waals surface area (Å²) in [5.41, 5.74) is 2.23. The fourth-order valence-electron chi connectivity index (χ4n) is 2.29. The predicted molar refractivity (Wildman–Crippen MR) is 70.8 cm³/mol. The van der Waals surface area contributed by atoms with Gasteiger partial charge in [0.1, 0.15) is 0 Å². The van der Waals surface area contributed by atoms with Gasteiger partial charge in [-0.1, -0.05) is 19.9 Å². The Hall–Kier alpha value is -1.64. The van der Waals surface area contributed by atoms with E-state index in [1.54, 1.807) is 6.07 Å². The Labute approximate surface area is 108 Å². The molecule has 0 aromatic heterocycles. The van der Waals surface area contributed by atoms with Crippen LogP contribution in [-0.4, -0.2) is 22.8 Å². The molecule has 1 aromatic rings. The summed E-state index contributed by atoms with van der Waals surface area (Å²) in [6, 6.07) is 5.54. The summed E-state index contributed by atoms with van der Waals surface area (Å²) in [6.07, 6.45) is 1.02. The van der Waals surface area contributed by atoms with E-state index in [4.69, 9.17) is 0 Å². The van der Waals surface area contributed by atoms with Gasteiger partial charge < -0.3 is 0 Å². The van der Waals surface area contributed by atoms with Crippen LogP contribution in [0.1, 0.15) is 66.3 Å². The molecule has 0 fully saturated rings. The fourth-order valence-corrected chi connectivity index (χ4v) is 2.29. The number of carbonyl (C=O) groups is 2. The van der Waals surface area contributed by atoms with Crippen molar-refractivity contribution >= 4 is 11.8 Å². The van der Waals surface area contributed by atoms with Crippen LogP contribution in [0.5, 0.6) is 0 Å². The van der Waals surface area contributed by atoms with Crippen LogP contribution in [0.2, 0.25) is 0 Å². The number of rotatable bonds is 3. The van der Waals surface area contributed by atoms with E-state index in [1.807, 2.05) is 26.0 Å². The van der Waals surface area contributed by atoms with Gasteiger partial charge in [0.15, 0.2) is 0 Å². The van der Waals surface area contributed by atoms with Crippen LogP contribution in [-0.2, 0) is 0 Å². The number of benzene rings is 1. The fraction of sp³-hybridized carbons (Fsp3) is 0.467. The van der Waals surface area contributed by atoms with Crippen molar-refractivity contribution in [1.29, 1.82) is 0 Å². The Bertz CT molecular complexity index is 505. The summed E-state index contributed by atoms with van der Waals surface area (Å²) >= 11 is 0. The Kier molecular flexibility index (Phi) is 3.24. The minimum absolute atomic E-state index is 0.0931. The molecule has 0 aliphatic carbocycles. The summed E-state index contributed by atoms with van der Waals surface area (Å²) in [7, 11) is 0. The maximum Gasteiger partial charge on any atom is 0.261 e. The first-order valence-corrected chi connectivity index (χ1v) is 6.49. The van der Waals surface area contributed by atoms with Gasteiger partial charge >= 0.3 is 0 Å². The largest absolute Gasteiger partial charge is 0.272 e. The Morgan fingerprint density at radius 1 is 1.06 bits per heavy atom. The summed E-state index contributed by atoms with van der Waals surface area (Å²) in [4.78, 5) is 25.7. The van der Waals surface area contributed by atoms with E-state index in [0.717, 1.165) is 12.0 Å². The average Bonchev–Trinajstić information content (AvgIpc) is 2.60. The highest BCUT2D eigenvalue weighted by Gasteiger charge is 2.37. The van der Waals surface area contributed by atoms with Crippen molar-refractivity contribution in [2.24, 2.45) is 0 Å². The molecule has 0 N–H and O–H groups in total. The van der Waals surface area contributed by atoms with E-state index in [1.165, 1.54) is 4.90 Å². The average molecular weight is 245 g/mol. The summed E-state index contributed by atoms with van der Waals surface area (Å²) in [5, 5.41) is 0. The van der Waals surface area contributed by atoms with Gasteiger partial charge in [0, 0.05) is 6.04 Å². The van der Waals surface area contributed by atoms with Gasteiger partial charge in [-0.3, -0.25) is 14.5 Å². The van der Waals surface area contributed by atoms with Gasteiger partial charge in [-0.05, 0) is 43.9 Å². The van der Waals surface area contributed by atoms with Gasteiger partial charge in [0.05, 0.1) is 11.1 Å². The normalized spacial score (nSPS) is 16.4. The van der Waals surface area contributed by atoms with Crippen LogP contribution < -0.4 is 0 Å². The van der Waals surface area contributed by atoms with Crippen molar-refractivity contribution in [1.82, 2.24) is 4.90 Å². The molecular formula is C15H19NO2. The van der Waals surface area contributed by atoms with Crippen molar-refractivity contribution in [3.63, 3.8) is 0 Å². The molecule has 0 saturated heterocycles. The molecule has 1 unspecified atom stereocenters. The second-order valence-electron chi connectivity index (χ2n) is 5.19. The first-order valence-electron chi connectivity index (χ1n) is 6.49. The quantitative estimate of drug-likeness (QED) is 0.767. The molecular weight excluding hydrogens is 226 g/mol. The highest BCUT2D eigenvalue weighted by Crippen LogP contribution is 2.28. The lowest BCUT2D eigenvalue weighted by molar-refractivity contribution is 0.0609. The number of imide groups is 1. The van der Waals surface area contributed by atoms with E-state index in [-0.39, 0.29) is 17.9 Å². The van der Waals surface area contributed by atoms with Crippen LogP contribution in [0, 0.1) is 0 Å². The Morgan fingerprint density at radius 3 is 2.22 bits per heavy atom. The lowest BCUT2D eigenvalue weighted by atomic mass is 9.95. The number of hydrogen-bond donors (Lipinski definition) is 0. The molecule has 0 radical (unpaired) electrons. The number of amides is 2. The van der Waals surface area contributed by atoms with E-state index >= 15 is 0 Å². The molecule has 18 heavy (non-hydrogen) atoms. The minimum atomic E-state index is -0.166. The molecule has 0 bridgehead atoms. The van der Waals surface area contributed by atoms with Gasteiger partial charge in [-0.25, -0.2) is 0 Å². The van der Waals surface area contributed by atoms with E-state index in [0.29, 0.717) is 17.0 Å². The highest BCUT2D eigenvalue weighted by atomic mass is 16.2. The zero-order chi connectivity index (χ0) is 13.4. The third kappa shape index (κ3) is 1.84. The number of carbonyl (C=O) groups excluding carboxylic acids is 2. The van der Waals surface area contributed by atoms with Crippen molar-refractivity contribution in [2.45, 2.75) is 46.1 Å².